The van der Waals surface area contributed by atoms with Gasteiger partial charge in [0.15, 0.2) is 0 Å². The highest BCUT2D eigenvalue weighted by atomic mass is 35.5. The minimum absolute atomic E-state index is 0.402. The van der Waals surface area contributed by atoms with Gasteiger partial charge in [-0.05, 0) is 43.1 Å². The van der Waals surface area contributed by atoms with E-state index < -0.39 is 0 Å². The van der Waals surface area contributed by atoms with E-state index in [4.69, 9.17) is 17.3 Å². The molecule has 0 amide bonds. The van der Waals surface area contributed by atoms with Crippen LogP contribution in [-0.4, -0.2) is 6.54 Å². The van der Waals surface area contributed by atoms with E-state index in [1.807, 2.05) is 18.2 Å². The number of benzene rings is 1. The minimum atomic E-state index is 0.402. The van der Waals surface area contributed by atoms with E-state index in [0.29, 0.717) is 6.04 Å². The third-order valence-electron chi connectivity index (χ3n) is 2.48. The van der Waals surface area contributed by atoms with Crippen LogP contribution in [0, 0.1) is 0 Å². The lowest BCUT2D eigenvalue weighted by Crippen LogP contribution is -2.14. The molecule has 0 radical (unpaired) electrons. The first kappa shape index (κ1) is 8.85. The van der Waals surface area contributed by atoms with Gasteiger partial charge in [0.1, 0.15) is 0 Å². The molecule has 1 aliphatic rings. The smallest absolute Gasteiger partial charge is 0.0410 e. The van der Waals surface area contributed by atoms with Gasteiger partial charge in [0.05, 0.1) is 0 Å². The molecule has 13 heavy (non-hydrogen) atoms. The van der Waals surface area contributed by atoms with E-state index in [-0.39, 0.29) is 0 Å². The highest BCUT2D eigenvalue weighted by molar-refractivity contribution is 6.30. The lowest BCUT2D eigenvalue weighted by Gasteiger charge is -2.13. The average molecular weight is 197 g/mol. The Morgan fingerprint density at radius 3 is 3.00 bits per heavy atom. The molecule has 1 atom stereocenters. The third-order valence-corrected chi connectivity index (χ3v) is 2.72. The number of nitrogens with one attached hydrogen (secondary N) is 1. The molecule has 70 valence electrons. The molecular formula is C10H13ClN2. The number of rotatable bonds is 1. The molecule has 0 aromatic heterocycles. The van der Waals surface area contributed by atoms with Crippen molar-refractivity contribution < 1.29 is 0 Å². The summed E-state index contributed by atoms with van der Waals surface area (Å²) in [5, 5.41) is 4.16. The van der Waals surface area contributed by atoms with Crippen molar-refractivity contribution in [2.24, 2.45) is 0 Å². The van der Waals surface area contributed by atoms with Crippen LogP contribution in [0.4, 0.5) is 5.69 Å². The Kier molecular flexibility index (Phi) is 2.42. The molecule has 1 fully saturated rings. The Hall–Kier alpha value is -0.730. The Morgan fingerprint density at radius 2 is 2.31 bits per heavy atom. The molecule has 3 heteroatoms. The maximum atomic E-state index is 5.91. The van der Waals surface area contributed by atoms with Gasteiger partial charge in [-0.3, -0.25) is 0 Å². The minimum Gasteiger partial charge on any atom is -0.398 e. The van der Waals surface area contributed by atoms with Gasteiger partial charge in [-0.1, -0.05) is 11.6 Å². The van der Waals surface area contributed by atoms with Crippen LogP contribution in [0.5, 0.6) is 0 Å². The second kappa shape index (κ2) is 3.56. The summed E-state index contributed by atoms with van der Waals surface area (Å²) >= 11 is 5.91. The number of nitrogen functional groups attached to an aromatic ring is 1. The summed E-state index contributed by atoms with van der Waals surface area (Å²) in [5.41, 5.74) is 7.85. The molecule has 2 nitrogen and oxygen atoms in total. The van der Waals surface area contributed by atoms with E-state index in [0.717, 1.165) is 29.2 Å². The molecule has 1 heterocycles. The molecule has 2 rings (SSSR count). The Labute approximate surface area is 83.1 Å². The van der Waals surface area contributed by atoms with Gasteiger partial charge in [0.2, 0.25) is 0 Å². The fourth-order valence-corrected chi connectivity index (χ4v) is 1.98. The van der Waals surface area contributed by atoms with Gasteiger partial charge in [-0.15, -0.1) is 0 Å². The molecule has 3 N–H and O–H groups in total. The summed E-state index contributed by atoms with van der Waals surface area (Å²) in [4.78, 5) is 0. The van der Waals surface area contributed by atoms with Crippen molar-refractivity contribution in [3.8, 4) is 0 Å². The third kappa shape index (κ3) is 1.79. The second-order valence-electron chi connectivity index (χ2n) is 3.42. The number of hydrogen-bond acceptors (Lipinski definition) is 2. The Bertz CT molecular complexity index is 306. The van der Waals surface area contributed by atoms with Crippen LogP contribution in [0.3, 0.4) is 0 Å². The largest absolute Gasteiger partial charge is 0.398 e. The fraction of sp³-hybridized carbons (Fsp3) is 0.400. The second-order valence-corrected chi connectivity index (χ2v) is 3.86. The van der Waals surface area contributed by atoms with Crippen LogP contribution < -0.4 is 11.1 Å². The lowest BCUT2D eigenvalue weighted by atomic mass is 10.0. The van der Waals surface area contributed by atoms with E-state index in [2.05, 4.69) is 5.32 Å². The van der Waals surface area contributed by atoms with Crippen LogP contribution >= 0.6 is 11.6 Å². The van der Waals surface area contributed by atoms with Gasteiger partial charge in [0.25, 0.3) is 0 Å². The van der Waals surface area contributed by atoms with Crippen molar-refractivity contribution in [1.82, 2.24) is 5.32 Å². The van der Waals surface area contributed by atoms with E-state index in [1.165, 1.54) is 6.42 Å². The lowest BCUT2D eigenvalue weighted by molar-refractivity contribution is 0.650. The van der Waals surface area contributed by atoms with E-state index in [1.54, 1.807) is 0 Å². The van der Waals surface area contributed by atoms with Crippen molar-refractivity contribution >= 4 is 17.3 Å². The summed E-state index contributed by atoms with van der Waals surface area (Å²) in [5.74, 6) is 0. The molecule has 1 aromatic carbocycles. The van der Waals surface area contributed by atoms with Crippen LogP contribution in [0.2, 0.25) is 5.02 Å². The molecule has 0 unspecified atom stereocenters. The Balaban J connectivity index is 2.32. The summed E-state index contributed by atoms with van der Waals surface area (Å²) < 4.78 is 0. The van der Waals surface area contributed by atoms with Crippen molar-refractivity contribution in [2.75, 3.05) is 12.3 Å². The molecule has 0 spiro atoms. The quantitative estimate of drug-likeness (QED) is 0.677. The first-order valence-electron chi connectivity index (χ1n) is 4.55. The van der Waals surface area contributed by atoms with E-state index in [9.17, 15) is 0 Å². The average Bonchev–Trinajstić information content (AvgIpc) is 2.61. The molecular weight excluding hydrogens is 184 g/mol. The molecule has 0 bridgehead atoms. The van der Waals surface area contributed by atoms with Gasteiger partial charge in [-0.25, -0.2) is 0 Å². The maximum absolute atomic E-state index is 5.91. The molecule has 1 aliphatic heterocycles. The normalized spacial score (nSPS) is 22.1. The van der Waals surface area contributed by atoms with Gasteiger partial charge >= 0.3 is 0 Å². The topological polar surface area (TPSA) is 38.0 Å². The van der Waals surface area contributed by atoms with E-state index >= 15 is 0 Å². The highest BCUT2D eigenvalue weighted by Gasteiger charge is 2.18. The monoisotopic (exact) mass is 196 g/mol. The van der Waals surface area contributed by atoms with Crippen LogP contribution in [0.15, 0.2) is 18.2 Å². The highest BCUT2D eigenvalue weighted by Crippen LogP contribution is 2.29. The van der Waals surface area contributed by atoms with Crippen LogP contribution in [0.1, 0.15) is 24.4 Å². The molecule has 0 aliphatic carbocycles. The number of hydrogen-bond donors (Lipinski definition) is 2. The maximum Gasteiger partial charge on any atom is 0.0410 e. The first-order chi connectivity index (χ1) is 6.27. The SMILES string of the molecule is Nc1ccc(Cl)cc1[C@@H]1CCCN1. The summed E-state index contributed by atoms with van der Waals surface area (Å²) in [6.07, 6.45) is 2.38. The number of halogens is 1. The molecule has 1 saturated heterocycles. The van der Waals surface area contributed by atoms with Crippen molar-refractivity contribution in [3.63, 3.8) is 0 Å². The summed E-state index contributed by atoms with van der Waals surface area (Å²) in [6, 6.07) is 6.06. The standard InChI is InChI=1S/C10H13ClN2/c11-7-3-4-9(12)8(6-7)10-2-1-5-13-10/h3-4,6,10,13H,1-2,5,12H2/t10-/m0/s1. The predicted octanol–water partition coefficient (Wildman–Crippen LogP) is 2.35. The number of anilines is 1. The predicted molar refractivity (Wildman–Crippen MR) is 55.8 cm³/mol. The fourth-order valence-electron chi connectivity index (χ4n) is 1.80. The first-order valence-corrected chi connectivity index (χ1v) is 4.93. The Morgan fingerprint density at radius 1 is 1.46 bits per heavy atom. The summed E-state index contributed by atoms with van der Waals surface area (Å²) in [6.45, 7) is 1.08. The van der Waals surface area contributed by atoms with Crippen LogP contribution in [-0.2, 0) is 0 Å². The van der Waals surface area contributed by atoms with Crippen LogP contribution in [0.25, 0.3) is 0 Å². The zero-order valence-corrected chi connectivity index (χ0v) is 8.14. The number of nitrogens with two attached hydrogens (primary N) is 1. The van der Waals surface area contributed by atoms with Crippen molar-refractivity contribution in [2.45, 2.75) is 18.9 Å². The summed E-state index contributed by atoms with van der Waals surface area (Å²) in [7, 11) is 0. The van der Waals surface area contributed by atoms with Gasteiger partial charge in [-0.2, -0.15) is 0 Å². The molecule has 1 aromatic rings. The van der Waals surface area contributed by atoms with Gasteiger partial charge in [0, 0.05) is 16.8 Å². The zero-order valence-electron chi connectivity index (χ0n) is 7.39. The zero-order chi connectivity index (χ0) is 9.26. The van der Waals surface area contributed by atoms with Gasteiger partial charge < -0.3 is 11.1 Å². The van der Waals surface area contributed by atoms with Crippen molar-refractivity contribution in [3.05, 3.63) is 28.8 Å². The molecule has 0 saturated carbocycles. The van der Waals surface area contributed by atoms with Crippen molar-refractivity contribution in [1.29, 1.82) is 0 Å².